The number of para-hydroxylation sites is 1. The molecule has 0 radical (unpaired) electrons. The van der Waals surface area contributed by atoms with Crippen LogP contribution in [0, 0.1) is 18.9 Å². The third-order valence-electron chi connectivity index (χ3n) is 11.2. The van der Waals surface area contributed by atoms with Crippen molar-refractivity contribution in [3.05, 3.63) is 167 Å². The third kappa shape index (κ3) is 9.45. The number of hydrogen-bond donors (Lipinski definition) is 1. The van der Waals surface area contributed by atoms with E-state index in [9.17, 15) is 6.48 Å². The Bertz CT molecular complexity index is 3620. The van der Waals surface area contributed by atoms with Crippen molar-refractivity contribution in [1.29, 1.82) is 0 Å². The molecule has 0 fully saturated rings. The van der Waals surface area contributed by atoms with Crippen LogP contribution < -0.4 is 0 Å². The molecule has 5 heteroatoms. The second kappa shape index (κ2) is 17.8. The van der Waals surface area contributed by atoms with E-state index >= 15 is 0 Å². The first-order valence-electron chi connectivity index (χ1n) is 28.7. The molecule has 0 amide bonds. The van der Waals surface area contributed by atoms with Crippen molar-refractivity contribution in [1.82, 2.24) is 14.5 Å². The van der Waals surface area contributed by atoms with Crippen LogP contribution in [0.15, 0.2) is 133 Å². The summed E-state index contributed by atoms with van der Waals surface area (Å²) in [5, 5.41) is 12.4. The molecule has 2 aromatic heterocycles. The van der Waals surface area contributed by atoms with Crippen molar-refractivity contribution in [3.8, 4) is 67.5 Å². The van der Waals surface area contributed by atoms with E-state index in [1.165, 1.54) is 0 Å². The van der Waals surface area contributed by atoms with Crippen LogP contribution in [0.1, 0.15) is 124 Å². The smallest absolute Gasteiger partial charge is 0.148 e. The molecule has 64 heavy (non-hydrogen) atoms. The Labute approximate surface area is 417 Å². The standard InChI is InChI=1S/C59H62N3O.Pt/c1-37(2)29-39-21-26-52(48(32-39)41-17-14-13-15-18-41)62-53-20-16-19-47(54(53)61-56(62)49-30-38(3)31-50(55(49)63)59(10,11)12)43-33-44(35-46(34-43)58(7,8)9)51-36-42(27-28-60-51)40-22-24-45(25-23-40)57(4,5)6;/h13-28,30-32,34-37,63H,29H2,1-12H3;/q-1;/i4D3,5D3,6D3,22D,24D,25D,27D,28D,36D;. The summed E-state index contributed by atoms with van der Waals surface area (Å²) in [6.45, 7) is 6.95. The summed E-state index contributed by atoms with van der Waals surface area (Å²) < 4.78 is 131. The molecule has 0 atom stereocenters. The van der Waals surface area contributed by atoms with E-state index < -0.39 is 89.9 Å². The molecule has 330 valence electrons. The van der Waals surface area contributed by atoms with Crippen LogP contribution in [-0.4, -0.2) is 19.6 Å². The number of imidazole rings is 1. The second-order valence-electron chi connectivity index (χ2n) is 18.9. The van der Waals surface area contributed by atoms with Gasteiger partial charge in [-0.1, -0.05) is 172 Å². The zero-order valence-electron chi connectivity index (χ0n) is 52.6. The molecule has 0 bridgehead atoms. The fourth-order valence-corrected chi connectivity index (χ4v) is 8.03. The van der Waals surface area contributed by atoms with Gasteiger partial charge in [0.2, 0.25) is 0 Å². The summed E-state index contributed by atoms with van der Waals surface area (Å²) >= 11 is 0. The van der Waals surface area contributed by atoms with Gasteiger partial charge in [-0.15, -0.1) is 29.3 Å². The van der Waals surface area contributed by atoms with E-state index in [4.69, 9.17) is 24.2 Å². The molecule has 4 nitrogen and oxygen atoms in total. The number of aromatic hydroxyl groups is 1. The van der Waals surface area contributed by atoms with Crippen molar-refractivity contribution in [2.45, 2.75) is 106 Å². The van der Waals surface area contributed by atoms with Gasteiger partial charge < -0.3 is 5.11 Å². The maximum atomic E-state index is 12.4. The Morgan fingerprint density at radius 1 is 0.703 bits per heavy atom. The van der Waals surface area contributed by atoms with Gasteiger partial charge in [-0.05, 0) is 99.2 Å². The van der Waals surface area contributed by atoms with Gasteiger partial charge in [0, 0.05) is 56.4 Å². The Morgan fingerprint density at radius 2 is 1.45 bits per heavy atom. The van der Waals surface area contributed by atoms with Crippen molar-refractivity contribution in [2.75, 3.05) is 0 Å². The first-order chi connectivity index (χ1) is 36.0. The molecular weight excluding hydrogens is 962 g/mol. The van der Waals surface area contributed by atoms with Gasteiger partial charge in [0.25, 0.3) is 0 Å². The Balaban J connectivity index is 0.00000903. The van der Waals surface area contributed by atoms with Gasteiger partial charge in [0.05, 0.1) is 30.5 Å². The van der Waals surface area contributed by atoms with Crippen LogP contribution in [0.4, 0.5) is 0 Å². The summed E-state index contributed by atoms with van der Waals surface area (Å²) in [7, 11) is 0. The summed E-state index contributed by atoms with van der Waals surface area (Å²) in [6, 6.07) is 29.8. The Morgan fingerprint density at radius 3 is 2.16 bits per heavy atom. The maximum Gasteiger partial charge on any atom is 0.148 e. The monoisotopic (exact) mass is 1040 g/mol. The van der Waals surface area contributed by atoms with E-state index in [1.54, 1.807) is 6.07 Å². The molecule has 0 aliphatic heterocycles. The summed E-state index contributed by atoms with van der Waals surface area (Å²) in [5.74, 6) is 0.957. The van der Waals surface area contributed by atoms with Crippen LogP contribution in [0.3, 0.4) is 0 Å². The maximum absolute atomic E-state index is 12.4. The average Bonchev–Trinajstić information content (AvgIpc) is 3.82. The molecule has 2 heterocycles. The molecular formula is C59H62N3OPt-. The Hall–Kier alpha value is -5.57. The molecule has 0 saturated carbocycles. The normalized spacial score (nSPS) is 16.2. The fraction of sp³-hybridized carbons (Fsp3) is 0.288. The minimum Gasteiger partial charge on any atom is -0.507 e. The quantitative estimate of drug-likeness (QED) is 0.154. The van der Waals surface area contributed by atoms with E-state index in [0.717, 1.165) is 51.6 Å². The predicted molar refractivity (Wildman–Crippen MR) is 266 cm³/mol. The number of fused-ring (bicyclic) bond motifs is 1. The van der Waals surface area contributed by atoms with Crippen molar-refractivity contribution >= 4 is 11.0 Å². The van der Waals surface area contributed by atoms with Crippen LogP contribution in [0.25, 0.3) is 72.7 Å². The molecule has 0 aliphatic rings. The van der Waals surface area contributed by atoms with E-state index in [0.29, 0.717) is 39.5 Å². The molecule has 0 aliphatic carbocycles. The van der Waals surface area contributed by atoms with Crippen LogP contribution in [0.5, 0.6) is 5.75 Å². The van der Waals surface area contributed by atoms with Gasteiger partial charge in [-0.3, -0.25) is 9.55 Å². The van der Waals surface area contributed by atoms with Crippen LogP contribution in [0.2, 0.25) is 0 Å². The number of hydrogen-bond acceptors (Lipinski definition) is 3. The van der Waals surface area contributed by atoms with E-state index in [1.807, 2.05) is 103 Å². The topological polar surface area (TPSA) is 50.9 Å². The van der Waals surface area contributed by atoms with Crippen molar-refractivity contribution < 1.29 is 46.7 Å². The number of benzene rings is 6. The van der Waals surface area contributed by atoms with E-state index in [2.05, 4.69) is 59.8 Å². The summed E-state index contributed by atoms with van der Waals surface area (Å²) in [5.41, 5.74) is 2.27. The third-order valence-corrected chi connectivity index (χ3v) is 11.2. The van der Waals surface area contributed by atoms with Crippen LogP contribution >= 0.6 is 0 Å². The number of aromatic nitrogens is 3. The SMILES string of the molecule is [2H]c1cc(-c2c([2H])c([2H])nc(-c3[c-]c(-c4cccc5c4nc(-c4cc(C)cc(C(C)(C)C)c4O)n5-c4ccc(CC(C)C)cc4-c4ccccc4)cc(C(C)(C)C)c3)c2[2H])c([2H])c([2H])c1C(C([2H])([2H])[2H])(C([2H])([2H])[2H])C([2H])([2H])[2H].[Pt]. The number of phenolic OH excluding ortho intramolecular Hbond substituents is 1. The number of nitrogens with zero attached hydrogens (tertiary/aromatic N) is 3. The molecule has 1 N–H and O–H groups in total. The summed E-state index contributed by atoms with van der Waals surface area (Å²) in [4.78, 5) is 9.89. The summed E-state index contributed by atoms with van der Waals surface area (Å²) in [6.07, 6.45) is 0.183. The van der Waals surface area contributed by atoms with Gasteiger partial charge in [-0.25, -0.2) is 4.98 Å². The largest absolute Gasteiger partial charge is 0.507 e. The number of phenols is 1. The molecule has 0 unspecified atom stereocenters. The molecule has 8 rings (SSSR count). The number of aryl methyl sites for hydroxylation is 1. The fourth-order valence-electron chi connectivity index (χ4n) is 8.03. The number of pyridine rings is 1. The minimum absolute atomic E-state index is 0. The van der Waals surface area contributed by atoms with Gasteiger partial charge in [-0.2, -0.15) is 0 Å². The number of rotatable bonds is 8. The minimum atomic E-state index is -3.83. The van der Waals surface area contributed by atoms with E-state index in [-0.39, 0.29) is 38.1 Å². The molecule has 0 spiro atoms. The van der Waals surface area contributed by atoms with Gasteiger partial charge >= 0.3 is 0 Å². The molecule has 8 aromatic rings. The second-order valence-corrected chi connectivity index (χ2v) is 18.9. The first kappa shape index (κ1) is 30.5. The van der Waals surface area contributed by atoms with Crippen LogP contribution in [-0.2, 0) is 43.7 Å². The van der Waals surface area contributed by atoms with Gasteiger partial charge in [0.15, 0.2) is 0 Å². The Kier molecular flexibility index (Phi) is 8.48. The predicted octanol–water partition coefficient (Wildman–Crippen LogP) is 15.7. The molecule has 6 aromatic carbocycles. The zero-order valence-corrected chi connectivity index (χ0v) is 39.9. The average molecular weight is 1040 g/mol. The molecule has 0 saturated heterocycles. The van der Waals surface area contributed by atoms with Crippen molar-refractivity contribution in [2.24, 2.45) is 5.92 Å². The first-order valence-corrected chi connectivity index (χ1v) is 21.2. The van der Waals surface area contributed by atoms with Crippen molar-refractivity contribution in [3.63, 3.8) is 0 Å². The zero-order chi connectivity index (χ0) is 57.7. The van der Waals surface area contributed by atoms with Gasteiger partial charge in [0.1, 0.15) is 11.6 Å².